The first-order valence-corrected chi connectivity index (χ1v) is 14.4. The molecule has 5 rings (SSSR count). The summed E-state index contributed by atoms with van der Waals surface area (Å²) in [5.74, 6) is -0.902. The Morgan fingerprint density at radius 1 is 0.900 bits per heavy atom. The van der Waals surface area contributed by atoms with Gasteiger partial charge in [0, 0.05) is 73.1 Å². The first-order valence-electron chi connectivity index (χ1n) is 14.0. The van der Waals surface area contributed by atoms with Gasteiger partial charge in [0.1, 0.15) is 0 Å². The first-order chi connectivity index (χ1) is 19.4. The fraction of sp³-hybridized carbons (Fsp3) is 0.303. The van der Waals surface area contributed by atoms with Crippen molar-refractivity contribution < 1.29 is 9.90 Å². The second-order valence-corrected chi connectivity index (χ2v) is 10.8. The summed E-state index contributed by atoms with van der Waals surface area (Å²) in [5, 5.41) is 14.2. The molecule has 208 valence electrons. The largest absolute Gasteiger partial charge is 0.478 e. The van der Waals surface area contributed by atoms with E-state index in [1.54, 1.807) is 0 Å². The van der Waals surface area contributed by atoms with Crippen LogP contribution >= 0.6 is 11.6 Å². The van der Waals surface area contributed by atoms with Crippen LogP contribution < -0.4 is 15.1 Å². The van der Waals surface area contributed by atoms with Crippen LogP contribution in [0, 0.1) is 6.92 Å². The number of piperazine rings is 1. The highest BCUT2D eigenvalue weighted by atomic mass is 35.5. The molecule has 1 fully saturated rings. The summed E-state index contributed by atoms with van der Waals surface area (Å²) < 4.78 is 2.18. The van der Waals surface area contributed by atoms with Gasteiger partial charge in [-0.3, -0.25) is 0 Å². The molecular formula is C33H37ClN4O2. The van der Waals surface area contributed by atoms with Crippen LogP contribution in [0.2, 0.25) is 5.02 Å². The Morgan fingerprint density at radius 2 is 1.55 bits per heavy atom. The summed E-state index contributed by atoms with van der Waals surface area (Å²) in [4.78, 5) is 17.5. The molecule has 2 heterocycles. The quantitative estimate of drug-likeness (QED) is 0.222. The smallest absolute Gasteiger partial charge is 0.338 e. The standard InChI is InChI=1S/C33H37ClN4O2/c1-4-5-17-38-23(2)30(33(39)40)31(32(38)24-9-11-26(34)12-10-24)25-7-6-8-29(22-25)37-20-18-36(19-21-37)28-15-13-27(35-3)14-16-28/h6-16,22,35H,4-5,17-21H2,1-3H3,(H,39,40). The molecule has 7 heteroatoms. The molecule has 1 saturated heterocycles. The van der Waals surface area contributed by atoms with Crippen molar-refractivity contribution in [1.82, 2.24) is 4.57 Å². The van der Waals surface area contributed by atoms with Gasteiger partial charge in [-0.1, -0.05) is 49.2 Å². The SMILES string of the molecule is CCCCn1c(C)c(C(=O)O)c(-c2cccc(N3CCN(c4ccc(NC)cc4)CC3)c2)c1-c1ccc(Cl)cc1. The van der Waals surface area contributed by atoms with E-state index in [9.17, 15) is 9.90 Å². The summed E-state index contributed by atoms with van der Waals surface area (Å²) in [5.41, 5.74) is 8.20. The van der Waals surface area contributed by atoms with Crippen molar-refractivity contribution in [2.24, 2.45) is 0 Å². The van der Waals surface area contributed by atoms with Crippen molar-refractivity contribution in [3.63, 3.8) is 0 Å². The molecule has 0 spiro atoms. The first kappa shape index (κ1) is 27.7. The van der Waals surface area contributed by atoms with E-state index in [-0.39, 0.29) is 0 Å². The number of aromatic carboxylic acids is 1. The van der Waals surface area contributed by atoms with E-state index >= 15 is 0 Å². The Kier molecular flexibility index (Phi) is 8.36. The van der Waals surface area contributed by atoms with E-state index in [1.165, 1.54) is 5.69 Å². The zero-order chi connectivity index (χ0) is 28.2. The zero-order valence-corrected chi connectivity index (χ0v) is 24.2. The molecule has 3 aromatic carbocycles. The highest BCUT2D eigenvalue weighted by Gasteiger charge is 2.27. The molecule has 0 aliphatic carbocycles. The molecule has 1 aliphatic heterocycles. The summed E-state index contributed by atoms with van der Waals surface area (Å²) in [6.07, 6.45) is 1.99. The number of carbonyl (C=O) groups is 1. The number of nitrogens with one attached hydrogen (secondary N) is 1. The monoisotopic (exact) mass is 556 g/mol. The molecule has 0 unspecified atom stereocenters. The number of nitrogens with zero attached hydrogens (tertiary/aromatic N) is 3. The number of carboxylic acids is 1. The molecule has 6 nitrogen and oxygen atoms in total. The Bertz CT molecular complexity index is 1470. The van der Waals surface area contributed by atoms with Gasteiger partial charge >= 0.3 is 5.97 Å². The second-order valence-electron chi connectivity index (χ2n) is 10.3. The highest BCUT2D eigenvalue weighted by molar-refractivity contribution is 6.30. The molecule has 2 N–H and O–H groups in total. The molecule has 0 saturated carbocycles. The van der Waals surface area contributed by atoms with E-state index in [1.807, 2.05) is 50.4 Å². The van der Waals surface area contributed by atoms with Gasteiger partial charge in [0.05, 0.1) is 11.3 Å². The Balaban J connectivity index is 1.50. The van der Waals surface area contributed by atoms with Gasteiger partial charge in [0.25, 0.3) is 0 Å². The van der Waals surface area contributed by atoms with Gasteiger partial charge in [0.15, 0.2) is 0 Å². The summed E-state index contributed by atoms with van der Waals surface area (Å²) >= 11 is 6.22. The van der Waals surface area contributed by atoms with E-state index in [0.717, 1.165) is 85.0 Å². The average Bonchev–Trinajstić information content (AvgIpc) is 3.28. The predicted molar refractivity (Wildman–Crippen MR) is 167 cm³/mol. The minimum Gasteiger partial charge on any atom is -0.478 e. The van der Waals surface area contributed by atoms with Gasteiger partial charge in [0.2, 0.25) is 0 Å². The van der Waals surface area contributed by atoms with Crippen LogP contribution in [0.4, 0.5) is 17.1 Å². The molecule has 1 aromatic heterocycles. The molecule has 0 radical (unpaired) electrons. The third kappa shape index (κ3) is 5.54. The fourth-order valence-corrected chi connectivity index (χ4v) is 5.83. The minimum absolute atomic E-state index is 0.369. The number of unbranched alkanes of at least 4 members (excludes halogenated alkanes) is 1. The van der Waals surface area contributed by atoms with Crippen molar-refractivity contribution in [2.45, 2.75) is 33.2 Å². The Hall–Kier alpha value is -3.90. The number of hydrogen-bond acceptors (Lipinski definition) is 4. The lowest BCUT2D eigenvalue weighted by atomic mass is 9.96. The third-order valence-corrected chi connectivity index (χ3v) is 8.14. The molecule has 0 amide bonds. The number of aromatic nitrogens is 1. The Morgan fingerprint density at radius 3 is 2.15 bits per heavy atom. The summed E-state index contributed by atoms with van der Waals surface area (Å²) in [6.45, 7) is 8.47. The maximum absolute atomic E-state index is 12.7. The normalized spacial score (nSPS) is 13.5. The van der Waals surface area contributed by atoms with Crippen LogP contribution in [0.15, 0.2) is 72.8 Å². The Labute approximate surface area is 241 Å². The lowest BCUT2D eigenvalue weighted by molar-refractivity contribution is 0.0696. The van der Waals surface area contributed by atoms with Crippen molar-refractivity contribution in [2.75, 3.05) is 48.3 Å². The van der Waals surface area contributed by atoms with E-state index < -0.39 is 5.97 Å². The van der Waals surface area contributed by atoms with Crippen LogP contribution in [0.25, 0.3) is 22.4 Å². The van der Waals surface area contributed by atoms with Gasteiger partial charge < -0.3 is 24.8 Å². The van der Waals surface area contributed by atoms with Crippen molar-refractivity contribution >= 4 is 34.6 Å². The molecule has 0 bridgehead atoms. The molecule has 0 atom stereocenters. The minimum atomic E-state index is -0.902. The van der Waals surface area contributed by atoms with Crippen LogP contribution in [-0.2, 0) is 6.54 Å². The lowest BCUT2D eigenvalue weighted by Gasteiger charge is -2.37. The van der Waals surface area contributed by atoms with Gasteiger partial charge in [-0.25, -0.2) is 4.79 Å². The zero-order valence-electron chi connectivity index (χ0n) is 23.5. The summed E-state index contributed by atoms with van der Waals surface area (Å²) in [7, 11) is 1.93. The summed E-state index contributed by atoms with van der Waals surface area (Å²) in [6, 6.07) is 24.6. The number of anilines is 3. The van der Waals surface area contributed by atoms with Gasteiger partial charge in [-0.15, -0.1) is 0 Å². The van der Waals surface area contributed by atoms with Gasteiger partial charge in [-0.2, -0.15) is 0 Å². The van der Waals surface area contributed by atoms with E-state index in [2.05, 4.69) is 63.0 Å². The van der Waals surface area contributed by atoms with Crippen LogP contribution in [0.1, 0.15) is 35.8 Å². The second kappa shape index (κ2) is 12.1. The maximum Gasteiger partial charge on any atom is 0.338 e. The molecule has 4 aromatic rings. The number of carboxylic acid groups (broad SMARTS) is 1. The topological polar surface area (TPSA) is 60.7 Å². The molecule has 40 heavy (non-hydrogen) atoms. The van der Waals surface area contributed by atoms with Crippen molar-refractivity contribution in [1.29, 1.82) is 0 Å². The van der Waals surface area contributed by atoms with Crippen molar-refractivity contribution in [3.8, 4) is 22.4 Å². The van der Waals surface area contributed by atoms with Gasteiger partial charge in [-0.05, 0) is 73.0 Å². The number of rotatable bonds is 9. The number of halogens is 1. The third-order valence-electron chi connectivity index (χ3n) is 7.89. The molecule has 1 aliphatic rings. The van der Waals surface area contributed by atoms with Crippen LogP contribution in [-0.4, -0.2) is 48.9 Å². The lowest BCUT2D eigenvalue weighted by Crippen LogP contribution is -2.46. The molecular weight excluding hydrogens is 520 g/mol. The van der Waals surface area contributed by atoms with Crippen LogP contribution in [0.5, 0.6) is 0 Å². The average molecular weight is 557 g/mol. The predicted octanol–water partition coefficient (Wildman–Crippen LogP) is 7.65. The van der Waals surface area contributed by atoms with Crippen molar-refractivity contribution in [3.05, 3.63) is 89.1 Å². The number of hydrogen-bond donors (Lipinski definition) is 2. The number of benzene rings is 3. The fourth-order valence-electron chi connectivity index (χ4n) is 5.70. The highest BCUT2D eigenvalue weighted by Crippen LogP contribution is 2.41. The van der Waals surface area contributed by atoms with E-state index in [0.29, 0.717) is 10.6 Å². The maximum atomic E-state index is 12.7. The van der Waals surface area contributed by atoms with Crippen LogP contribution in [0.3, 0.4) is 0 Å². The van der Waals surface area contributed by atoms with E-state index in [4.69, 9.17) is 11.6 Å².